The fourth-order valence-corrected chi connectivity index (χ4v) is 2.55. The summed E-state index contributed by atoms with van der Waals surface area (Å²) in [5.41, 5.74) is 3.19. The van der Waals surface area contributed by atoms with Crippen LogP contribution in [0.25, 0.3) is 11.3 Å². The minimum atomic E-state index is -0.176. The van der Waals surface area contributed by atoms with E-state index in [2.05, 4.69) is 15.3 Å². The first kappa shape index (κ1) is 16.6. The number of benzene rings is 1. The third-order valence-corrected chi connectivity index (χ3v) is 3.70. The number of carbonyl (C=O) groups is 1. The summed E-state index contributed by atoms with van der Waals surface area (Å²) in [7, 11) is 0. The number of pyridine rings is 2. The molecule has 5 nitrogen and oxygen atoms in total. The Balaban J connectivity index is 1.78. The molecule has 0 unspecified atom stereocenters. The van der Waals surface area contributed by atoms with E-state index < -0.39 is 0 Å². The summed E-state index contributed by atoms with van der Waals surface area (Å²) in [6.07, 6.45) is 5.22. The van der Waals surface area contributed by atoms with Crippen molar-refractivity contribution in [2.24, 2.45) is 0 Å². The van der Waals surface area contributed by atoms with Crippen LogP contribution in [0.3, 0.4) is 0 Å². The molecule has 0 radical (unpaired) electrons. The number of hydrogen-bond acceptors (Lipinski definition) is 4. The highest BCUT2D eigenvalue weighted by atomic mass is 16.5. The van der Waals surface area contributed by atoms with Crippen LogP contribution in [0.2, 0.25) is 0 Å². The van der Waals surface area contributed by atoms with Crippen molar-refractivity contribution in [3.63, 3.8) is 0 Å². The Kier molecular flexibility index (Phi) is 5.36. The van der Waals surface area contributed by atoms with Crippen molar-refractivity contribution >= 4 is 5.91 Å². The van der Waals surface area contributed by atoms with Crippen molar-refractivity contribution in [2.45, 2.75) is 13.5 Å². The second kappa shape index (κ2) is 8.06. The van der Waals surface area contributed by atoms with Gasteiger partial charge in [0.1, 0.15) is 5.75 Å². The molecule has 1 N–H and O–H groups in total. The van der Waals surface area contributed by atoms with E-state index in [4.69, 9.17) is 4.74 Å². The second-order valence-electron chi connectivity index (χ2n) is 5.36. The average Bonchev–Trinajstić information content (AvgIpc) is 2.68. The lowest BCUT2D eigenvalue weighted by Gasteiger charge is -2.12. The summed E-state index contributed by atoms with van der Waals surface area (Å²) in [5.74, 6) is 0.409. The smallest absolute Gasteiger partial charge is 0.255 e. The first-order chi connectivity index (χ1) is 12.3. The highest BCUT2D eigenvalue weighted by Crippen LogP contribution is 2.21. The maximum Gasteiger partial charge on any atom is 0.255 e. The number of ether oxygens (including phenoxy) is 1. The Morgan fingerprint density at radius 2 is 1.92 bits per heavy atom. The lowest BCUT2D eigenvalue weighted by molar-refractivity contribution is 0.0947. The standard InChI is InChI=1S/C20H19N3O2/c1-2-25-18-10-4-3-9-17(18)20(24)23-14-16-8-6-12-22-19(16)15-7-5-11-21-13-15/h3-13H,2,14H2,1H3,(H,23,24). The van der Waals surface area contributed by atoms with Gasteiger partial charge in [-0.2, -0.15) is 0 Å². The van der Waals surface area contributed by atoms with E-state index in [1.165, 1.54) is 0 Å². The van der Waals surface area contributed by atoms with Crippen molar-refractivity contribution in [1.82, 2.24) is 15.3 Å². The van der Waals surface area contributed by atoms with Crippen molar-refractivity contribution in [3.05, 3.63) is 78.2 Å². The minimum Gasteiger partial charge on any atom is -0.493 e. The van der Waals surface area contributed by atoms with Crippen LogP contribution in [-0.2, 0) is 6.54 Å². The molecule has 0 aliphatic heterocycles. The van der Waals surface area contributed by atoms with Crippen molar-refractivity contribution in [2.75, 3.05) is 6.61 Å². The van der Waals surface area contributed by atoms with E-state index in [9.17, 15) is 4.79 Å². The molecule has 25 heavy (non-hydrogen) atoms. The van der Waals surface area contributed by atoms with Gasteiger partial charge in [-0.3, -0.25) is 14.8 Å². The summed E-state index contributed by atoms with van der Waals surface area (Å²) in [4.78, 5) is 21.1. The van der Waals surface area contributed by atoms with Crippen LogP contribution in [0.1, 0.15) is 22.8 Å². The maximum atomic E-state index is 12.5. The lowest BCUT2D eigenvalue weighted by atomic mass is 10.1. The summed E-state index contributed by atoms with van der Waals surface area (Å²) in [6, 6.07) is 14.8. The SMILES string of the molecule is CCOc1ccccc1C(=O)NCc1cccnc1-c1cccnc1. The molecule has 126 valence electrons. The Bertz CT molecular complexity index is 850. The van der Waals surface area contributed by atoms with E-state index >= 15 is 0 Å². The summed E-state index contributed by atoms with van der Waals surface area (Å²) in [6.45, 7) is 2.78. The summed E-state index contributed by atoms with van der Waals surface area (Å²) < 4.78 is 5.52. The molecule has 0 bridgehead atoms. The molecule has 2 heterocycles. The highest BCUT2D eigenvalue weighted by molar-refractivity contribution is 5.96. The molecular formula is C20H19N3O2. The first-order valence-corrected chi connectivity index (χ1v) is 8.14. The Labute approximate surface area is 146 Å². The van der Waals surface area contributed by atoms with Crippen molar-refractivity contribution < 1.29 is 9.53 Å². The third kappa shape index (κ3) is 4.01. The molecule has 0 saturated carbocycles. The molecule has 0 aliphatic rings. The quantitative estimate of drug-likeness (QED) is 0.750. The van der Waals surface area contributed by atoms with Crippen molar-refractivity contribution in [1.29, 1.82) is 0 Å². The first-order valence-electron chi connectivity index (χ1n) is 8.14. The molecule has 1 amide bonds. The van der Waals surface area contributed by atoms with Crippen LogP contribution in [0.4, 0.5) is 0 Å². The number of nitrogens with zero attached hydrogens (tertiary/aromatic N) is 2. The van der Waals surface area contributed by atoms with Gasteiger partial charge in [-0.25, -0.2) is 0 Å². The molecule has 0 fully saturated rings. The molecule has 2 aromatic heterocycles. The normalized spacial score (nSPS) is 10.3. The number of amides is 1. The van der Waals surface area contributed by atoms with Gasteiger partial charge in [0.25, 0.3) is 5.91 Å². The Morgan fingerprint density at radius 3 is 2.72 bits per heavy atom. The molecule has 0 atom stereocenters. The van der Waals surface area contributed by atoms with Crippen LogP contribution < -0.4 is 10.1 Å². The number of carbonyl (C=O) groups excluding carboxylic acids is 1. The predicted molar refractivity (Wildman–Crippen MR) is 96.2 cm³/mol. The fourth-order valence-electron chi connectivity index (χ4n) is 2.55. The van der Waals surface area contributed by atoms with Crippen LogP contribution in [-0.4, -0.2) is 22.5 Å². The van der Waals surface area contributed by atoms with Gasteiger partial charge in [-0.05, 0) is 42.8 Å². The molecule has 3 aromatic rings. The van der Waals surface area contributed by atoms with Gasteiger partial charge in [0, 0.05) is 30.7 Å². The largest absolute Gasteiger partial charge is 0.493 e. The zero-order chi connectivity index (χ0) is 17.5. The number of nitrogens with one attached hydrogen (secondary N) is 1. The number of hydrogen-bond donors (Lipinski definition) is 1. The zero-order valence-electron chi connectivity index (χ0n) is 14.0. The third-order valence-electron chi connectivity index (χ3n) is 3.70. The van der Waals surface area contributed by atoms with Gasteiger partial charge in [0.2, 0.25) is 0 Å². The molecule has 0 spiro atoms. The Hall–Kier alpha value is -3.21. The van der Waals surface area contributed by atoms with Gasteiger partial charge in [0.15, 0.2) is 0 Å². The zero-order valence-corrected chi connectivity index (χ0v) is 14.0. The van der Waals surface area contributed by atoms with E-state index in [1.807, 2.05) is 43.3 Å². The fraction of sp³-hybridized carbons (Fsp3) is 0.150. The van der Waals surface area contributed by atoms with Crippen molar-refractivity contribution in [3.8, 4) is 17.0 Å². The molecule has 3 rings (SSSR count). The lowest BCUT2D eigenvalue weighted by Crippen LogP contribution is -2.24. The number of rotatable bonds is 6. The Morgan fingerprint density at radius 1 is 1.08 bits per heavy atom. The summed E-state index contributed by atoms with van der Waals surface area (Å²) >= 11 is 0. The molecule has 1 aromatic carbocycles. The average molecular weight is 333 g/mol. The molecule has 0 saturated heterocycles. The van der Waals surface area contributed by atoms with Crippen LogP contribution in [0.5, 0.6) is 5.75 Å². The van der Waals surface area contributed by atoms with Crippen LogP contribution >= 0.6 is 0 Å². The second-order valence-corrected chi connectivity index (χ2v) is 5.36. The van der Waals surface area contributed by atoms with Gasteiger partial charge in [-0.15, -0.1) is 0 Å². The van der Waals surface area contributed by atoms with Gasteiger partial charge < -0.3 is 10.1 Å². The number of aromatic nitrogens is 2. The molecule has 5 heteroatoms. The van der Waals surface area contributed by atoms with Gasteiger partial charge in [0.05, 0.1) is 17.9 Å². The van der Waals surface area contributed by atoms with Gasteiger partial charge in [-0.1, -0.05) is 18.2 Å². The van der Waals surface area contributed by atoms with Gasteiger partial charge >= 0.3 is 0 Å². The van der Waals surface area contributed by atoms with E-state index in [0.29, 0.717) is 24.5 Å². The summed E-state index contributed by atoms with van der Waals surface area (Å²) in [5, 5.41) is 2.94. The molecule has 0 aliphatic carbocycles. The minimum absolute atomic E-state index is 0.176. The van der Waals surface area contributed by atoms with E-state index in [0.717, 1.165) is 16.8 Å². The maximum absolute atomic E-state index is 12.5. The predicted octanol–water partition coefficient (Wildman–Crippen LogP) is 3.47. The topological polar surface area (TPSA) is 64.1 Å². The van der Waals surface area contributed by atoms with Crippen LogP contribution in [0, 0.1) is 0 Å². The number of para-hydroxylation sites is 1. The van der Waals surface area contributed by atoms with Crippen LogP contribution in [0.15, 0.2) is 67.1 Å². The highest BCUT2D eigenvalue weighted by Gasteiger charge is 2.13. The molecular weight excluding hydrogens is 314 g/mol. The van der Waals surface area contributed by atoms with E-state index in [-0.39, 0.29) is 5.91 Å². The monoisotopic (exact) mass is 333 g/mol. The van der Waals surface area contributed by atoms with E-state index in [1.54, 1.807) is 30.7 Å².